The van der Waals surface area contributed by atoms with Crippen LogP contribution in [-0.2, 0) is 16.0 Å². The molecule has 5 heteroatoms. The Balaban J connectivity index is 1.77. The van der Waals surface area contributed by atoms with Gasteiger partial charge < -0.3 is 15.4 Å². The Labute approximate surface area is 129 Å². The summed E-state index contributed by atoms with van der Waals surface area (Å²) < 4.78 is 0. The van der Waals surface area contributed by atoms with Gasteiger partial charge in [-0.15, -0.1) is 0 Å². The molecular formula is C17H22N2O3. The van der Waals surface area contributed by atoms with E-state index < -0.39 is 5.97 Å². The van der Waals surface area contributed by atoms with E-state index in [-0.39, 0.29) is 12.3 Å². The Kier molecular flexibility index (Phi) is 5.58. The van der Waals surface area contributed by atoms with Gasteiger partial charge in [-0.25, -0.2) is 0 Å². The van der Waals surface area contributed by atoms with E-state index in [2.05, 4.69) is 10.3 Å². The van der Waals surface area contributed by atoms with Gasteiger partial charge in [-0.3, -0.25) is 9.59 Å². The van der Waals surface area contributed by atoms with Crippen LogP contribution in [0.5, 0.6) is 0 Å². The molecule has 0 radical (unpaired) electrons. The fourth-order valence-corrected chi connectivity index (χ4v) is 2.55. The molecule has 0 atom stereocenters. The first kappa shape index (κ1) is 16.1. The van der Waals surface area contributed by atoms with Gasteiger partial charge in [0.25, 0.3) is 0 Å². The molecule has 1 heterocycles. The van der Waals surface area contributed by atoms with Gasteiger partial charge in [-0.1, -0.05) is 24.6 Å². The molecule has 0 fully saturated rings. The van der Waals surface area contributed by atoms with E-state index in [0.717, 1.165) is 29.3 Å². The van der Waals surface area contributed by atoms with Crippen LogP contribution in [0.1, 0.15) is 36.8 Å². The molecule has 22 heavy (non-hydrogen) atoms. The number of carbonyl (C=O) groups is 2. The number of carboxylic acids is 1. The summed E-state index contributed by atoms with van der Waals surface area (Å²) >= 11 is 0. The second kappa shape index (κ2) is 7.64. The molecular weight excluding hydrogens is 280 g/mol. The maximum atomic E-state index is 12.0. The molecule has 3 N–H and O–H groups in total. The number of aromatic amines is 1. The lowest BCUT2D eigenvalue weighted by Crippen LogP contribution is -2.26. The lowest BCUT2D eigenvalue weighted by molar-refractivity contribution is -0.137. The van der Waals surface area contributed by atoms with Crippen molar-refractivity contribution in [2.24, 2.45) is 0 Å². The molecule has 1 aromatic heterocycles. The zero-order chi connectivity index (χ0) is 15.9. The normalized spacial score (nSPS) is 10.8. The van der Waals surface area contributed by atoms with Crippen molar-refractivity contribution >= 4 is 22.8 Å². The number of para-hydroxylation sites is 1. The zero-order valence-electron chi connectivity index (χ0n) is 12.8. The standard InChI is InChI=1S/C17H22N2O3/c1-12-6-5-7-14-13(11-19-17(12)14)10-15(20)18-9-4-2-3-8-16(21)22/h5-7,11,19H,2-4,8-10H2,1H3,(H,18,20)(H,21,22). The Morgan fingerprint density at radius 1 is 1.23 bits per heavy atom. The minimum atomic E-state index is -0.765. The van der Waals surface area contributed by atoms with Gasteiger partial charge in [-0.05, 0) is 30.9 Å². The van der Waals surface area contributed by atoms with Crippen LogP contribution in [0.15, 0.2) is 24.4 Å². The predicted octanol–water partition coefficient (Wildman–Crippen LogP) is 2.78. The molecule has 118 valence electrons. The molecule has 1 aromatic carbocycles. The quantitative estimate of drug-likeness (QED) is 0.656. The number of aliphatic carboxylic acids is 1. The largest absolute Gasteiger partial charge is 0.481 e. The molecule has 2 aromatic rings. The van der Waals surface area contributed by atoms with Crippen LogP contribution in [0.2, 0.25) is 0 Å². The van der Waals surface area contributed by atoms with Crippen LogP contribution in [0, 0.1) is 6.92 Å². The number of benzene rings is 1. The van der Waals surface area contributed by atoms with Gasteiger partial charge in [-0.2, -0.15) is 0 Å². The number of unbranched alkanes of at least 4 members (excludes halogenated alkanes) is 2. The van der Waals surface area contributed by atoms with Gasteiger partial charge in [0, 0.05) is 30.1 Å². The van der Waals surface area contributed by atoms with E-state index >= 15 is 0 Å². The molecule has 0 aliphatic heterocycles. The Hall–Kier alpha value is -2.30. The first-order chi connectivity index (χ1) is 10.6. The second-order valence-electron chi connectivity index (χ2n) is 5.54. The third-order valence-electron chi connectivity index (χ3n) is 3.75. The highest BCUT2D eigenvalue weighted by Crippen LogP contribution is 2.21. The SMILES string of the molecule is Cc1cccc2c(CC(=O)NCCCCCC(=O)O)c[nH]c12. The number of H-pyrrole nitrogens is 1. The Morgan fingerprint density at radius 2 is 2.05 bits per heavy atom. The molecule has 0 saturated carbocycles. The lowest BCUT2D eigenvalue weighted by Gasteiger charge is -2.04. The van der Waals surface area contributed by atoms with Crippen LogP contribution < -0.4 is 5.32 Å². The summed E-state index contributed by atoms with van der Waals surface area (Å²) in [5.74, 6) is -0.765. The Morgan fingerprint density at radius 3 is 2.82 bits per heavy atom. The first-order valence-corrected chi connectivity index (χ1v) is 7.62. The number of fused-ring (bicyclic) bond motifs is 1. The highest BCUT2D eigenvalue weighted by atomic mass is 16.4. The summed E-state index contributed by atoms with van der Waals surface area (Å²) in [5, 5.41) is 12.5. The number of nitrogens with one attached hydrogen (secondary N) is 2. The van der Waals surface area contributed by atoms with Crippen LogP contribution in [0.4, 0.5) is 0 Å². The van der Waals surface area contributed by atoms with E-state index in [1.54, 1.807) is 0 Å². The monoisotopic (exact) mass is 302 g/mol. The van der Waals surface area contributed by atoms with Crippen molar-refractivity contribution in [2.75, 3.05) is 6.54 Å². The van der Waals surface area contributed by atoms with Crippen molar-refractivity contribution in [3.05, 3.63) is 35.5 Å². The molecule has 5 nitrogen and oxygen atoms in total. The number of aryl methyl sites for hydroxylation is 1. The van der Waals surface area contributed by atoms with Crippen molar-refractivity contribution < 1.29 is 14.7 Å². The number of hydrogen-bond acceptors (Lipinski definition) is 2. The second-order valence-corrected chi connectivity index (χ2v) is 5.54. The van der Waals surface area contributed by atoms with Gasteiger partial charge in [0.15, 0.2) is 0 Å². The third kappa shape index (κ3) is 4.35. The molecule has 0 saturated heterocycles. The molecule has 2 rings (SSSR count). The summed E-state index contributed by atoms with van der Waals surface area (Å²) in [6.45, 7) is 2.64. The smallest absolute Gasteiger partial charge is 0.303 e. The highest BCUT2D eigenvalue weighted by Gasteiger charge is 2.09. The number of aromatic nitrogens is 1. The lowest BCUT2D eigenvalue weighted by atomic mass is 10.1. The van der Waals surface area contributed by atoms with Crippen molar-refractivity contribution in [1.29, 1.82) is 0 Å². The van der Waals surface area contributed by atoms with Crippen LogP contribution in [-0.4, -0.2) is 28.5 Å². The fourth-order valence-electron chi connectivity index (χ4n) is 2.55. The molecule has 0 aliphatic rings. The van der Waals surface area contributed by atoms with E-state index in [4.69, 9.17) is 5.11 Å². The van der Waals surface area contributed by atoms with Gasteiger partial charge in [0.1, 0.15) is 0 Å². The summed E-state index contributed by atoms with van der Waals surface area (Å²) in [6.07, 6.45) is 4.74. The Bertz CT molecular complexity index is 661. The van der Waals surface area contributed by atoms with E-state index in [1.807, 2.05) is 31.3 Å². The van der Waals surface area contributed by atoms with Gasteiger partial charge in [0.05, 0.1) is 6.42 Å². The number of carboxylic acid groups (broad SMARTS) is 1. The maximum absolute atomic E-state index is 12.0. The van der Waals surface area contributed by atoms with Crippen LogP contribution >= 0.6 is 0 Å². The molecule has 0 aliphatic carbocycles. The average molecular weight is 302 g/mol. The predicted molar refractivity (Wildman–Crippen MR) is 85.9 cm³/mol. The number of amides is 1. The van der Waals surface area contributed by atoms with Crippen LogP contribution in [0.25, 0.3) is 10.9 Å². The van der Waals surface area contributed by atoms with E-state index in [1.165, 1.54) is 5.56 Å². The van der Waals surface area contributed by atoms with Gasteiger partial charge >= 0.3 is 5.97 Å². The minimum Gasteiger partial charge on any atom is -0.481 e. The van der Waals surface area contributed by atoms with Crippen molar-refractivity contribution in [2.45, 2.75) is 39.0 Å². The number of hydrogen-bond donors (Lipinski definition) is 3. The van der Waals surface area contributed by atoms with E-state index in [0.29, 0.717) is 19.4 Å². The van der Waals surface area contributed by atoms with Crippen molar-refractivity contribution in [3.63, 3.8) is 0 Å². The van der Waals surface area contributed by atoms with Gasteiger partial charge in [0.2, 0.25) is 5.91 Å². The maximum Gasteiger partial charge on any atom is 0.303 e. The minimum absolute atomic E-state index is 0.000593. The van der Waals surface area contributed by atoms with E-state index in [9.17, 15) is 9.59 Å². The summed E-state index contributed by atoms with van der Waals surface area (Å²) in [5.41, 5.74) is 3.25. The van der Waals surface area contributed by atoms with Crippen molar-refractivity contribution in [3.8, 4) is 0 Å². The summed E-state index contributed by atoms with van der Waals surface area (Å²) in [7, 11) is 0. The average Bonchev–Trinajstić information content (AvgIpc) is 2.87. The summed E-state index contributed by atoms with van der Waals surface area (Å²) in [4.78, 5) is 25.6. The fraction of sp³-hybridized carbons (Fsp3) is 0.412. The number of rotatable bonds is 8. The summed E-state index contributed by atoms with van der Waals surface area (Å²) in [6, 6.07) is 6.06. The first-order valence-electron chi connectivity index (χ1n) is 7.62. The molecule has 0 bridgehead atoms. The topological polar surface area (TPSA) is 82.2 Å². The third-order valence-corrected chi connectivity index (χ3v) is 3.75. The molecule has 0 unspecified atom stereocenters. The van der Waals surface area contributed by atoms with Crippen molar-refractivity contribution in [1.82, 2.24) is 10.3 Å². The molecule has 1 amide bonds. The van der Waals surface area contributed by atoms with Crippen LogP contribution in [0.3, 0.4) is 0 Å². The highest BCUT2D eigenvalue weighted by molar-refractivity contribution is 5.90. The zero-order valence-corrected chi connectivity index (χ0v) is 12.8. The number of carbonyl (C=O) groups excluding carboxylic acids is 1. The molecule has 0 spiro atoms.